The van der Waals surface area contributed by atoms with E-state index >= 15 is 0 Å². The molecule has 0 fully saturated rings. The van der Waals surface area contributed by atoms with E-state index in [0.717, 1.165) is 4.90 Å². The van der Waals surface area contributed by atoms with E-state index in [4.69, 9.17) is 14.2 Å². The minimum Gasteiger partial charge on any atom is -0.466 e. The molecule has 1 aliphatic heterocycles. The molecule has 192 valence electrons. The fraction of sp³-hybridized carbons (Fsp3) is 0.500. The average Bonchev–Trinajstić information content (AvgIpc) is 3.01. The average molecular weight is 492 g/mol. The molecule has 0 radical (unpaired) electrons. The molecule has 35 heavy (non-hydrogen) atoms. The quantitative estimate of drug-likeness (QED) is 0.455. The van der Waals surface area contributed by atoms with Crippen LogP contribution in [0.25, 0.3) is 0 Å². The van der Waals surface area contributed by atoms with Crippen molar-refractivity contribution in [2.45, 2.75) is 52.7 Å². The summed E-state index contributed by atoms with van der Waals surface area (Å²) in [5.41, 5.74) is -1.25. The van der Waals surface area contributed by atoms with Gasteiger partial charge in [0.1, 0.15) is 16.9 Å². The number of aliphatic hydroxyl groups excluding tert-OH is 1. The number of β-amino-alcohol motifs (C(OH)–C–C–N with tert-alkyl or cyclic N) is 1. The first-order valence-corrected chi connectivity index (χ1v) is 11.0. The molecule has 0 unspecified atom stereocenters. The lowest BCUT2D eigenvalue weighted by Crippen LogP contribution is -2.43. The number of nitrogens with zero attached hydrogens (tertiary/aromatic N) is 2. The summed E-state index contributed by atoms with van der Waals surface area (Å²) in [6, 6.07) is 6.10. The minimum absolute atomic E-state index is 0.0245. The highest BCUT2D eigenvalue weighted by Crippen LogP contribution is 2.27. The Kier molecular flexibility index (Phi) is 8.50. The van der Waals surface area contributed by atoms with Crippen molar-refractivity contribution in [3.05, 3.63) is 35.5 Å². The molecule has 2 rings (SSSR count). The van der Waals surface area contributed by atoms with Crippen LogP contribution in [-0.2, 0) is 23.8 Å². The smallest absolute Gasteiger partial charge is 0.424 e. The van der Waals surface area contributed by atoms with Gasteiger partial charge in [0.15, 0.2) is 0 Å². The largest absolute Gasteiger partial charge is 0.466 e. The van der Waals surface area contributed by atoms with Crippen LogP contribution in [0.15, 0.2) is 35.5 Å². The summed E-state index contributed by atoms with van der Waals surface area (Å²) in [6.07, 6.45) is -1.88. The van der Waals surface area contributed by atoms with Crippen LogP contribution in [0.5, 0.6) is 0 Å². The van der Waals surface area contributed by atoms with Crippen molar-refractivity contribution in [2.24, 2.45) is 0 Å². The number of carbonyl (C=O) groups is 4. The maximum atomic E-state index is 12.9. The van der Waals surface area contributed by atoms with Gasteiger partial charge >= 0.3 is 18.2 Å². The van der Waals surface area contributed by atoms with Crippen molar-refractivity contribution in [3.8, 4) is 0 Å². The lowest BCUT2D eigenvalue weighted by atomic mass is 10.2. The molecule has 11 heteroatoms. The van der Waals surface area contributed by atoms with Crippen molar-refractivity contribution >= 4 is 35.4 Å². The highest BCUT2D eigenvalue weighted by molar-refractivity contribution is 6.10. The number of amides is 3. The van der Waals surface area contributed by atoms with Crippen LogP contribution >= 0.6 is 0 Å². The number of imide groups is 1. The Morgan fingerprint density at radius 1 is 1.06 bits per heavy atom. The number of aliphatic hydroxyl groups is 1. The van der Waals surface area contributed by atoms with Gasteiger partial charge in [-0.3, -0.25) is 4.79 Å². The van der Waals surface area contributed by atoms with Gasteiger partial charge in [-0.15, -0.1) is 0 Å². The zero-order chi connectivity index (χ0) is 26.6. The van der Waals surface area contributed by atoms with Crippen LogP contribution in [0.1, 0.15) is 41.5 Å². The predicted octanol–water partition coefficient (Wildman–Crippen LogP) is 3.04. The van der Waals surface area contributed by atoms with E-state index in [1.165, 1.54) is 24.1 Å². The third-order valence-electron chi connectivity index (χ3n) is 4.48. The number of hydrogen-bond donors (Lipinski definition) is 2. The number of nitrogens with one attached hydrogen (secondary N) is 1. The second-order valence-electron chi connectivity index (χ2n) is 9.77. The Balaban J connectivity index is 2.45. The number of benzene rings is 1. The number of rotatable bonds is 6. The molecule has 0 aromatic heterocycles. The number of ether oxygens (including phenoxy) is 3. The normalized spacial score (nSPS) is 14.1. The molecule has 1 aromatic rings. The molecule has 3 amide bonds. The van der Waals surface area contributed by atoms with E-state index in [1.807, 2.05) is 0 Å². The van der Waals surface area contributed by atoms with Crippen LogP contribution in [0, 0.1) is 0 Å². The second-order valence-corrected chi connectivity index (χ2v) is 9.77. The van der Waals surface area contributed by atoms with E-state index in [9.17, 15) is 24.3 Å². The Hall–Kier alpha value is -3.60. The summed E-state index contributed by atoms with van der Waals surface area (Å²) in [5.74, 6) is -1.19. The molecular formula is C24H33N3O8. The predicted molar refractivity (Wildman–Crippen MR) is 128 cm³/mol. The van der Waals surface area contributed by atoms with Crippen LogP contribution in [0.2, 0.25) is 0 Å². The summed E-state index contributed by atoms with van der Waals surface area (Å²) in [6.45, 7) is 9.74. The molecule has 0 atom stereocenters. The molecule has 0 spiro atoms. The maximum absolute atomic E-state index is 12.9. The Morgan fingerprint density at radius 3 is 2.11 bits per heavy atom. The summed E-state index contributed by atoms with van der Waals surface area (Å²) in [5, 5.41) is 12.1. The van der Waals surface area contributed by atoms with E-state index in [2.05, 4.69) is 5.32 Å². The van der Waals surface area contributed by atoms with Crippen molar-refractivity contribution in [2.75, 3.05) is 37.0 Å². The third-order valence-corrected chi connectivity index (χ3v) is 4.48. The number of carbonyl (C=O) groups excluding carboxylic acids is 4. The summed E-state index contributed by atoms with van der Waals surface area (Å²) < 4.78 is 15.6. The molecule has 0 saturated carbocycles. The fourth-order valence-electron chi connectivity index (χ4n) is 3.12. The SMILES string of the molecule is COC(=O)C1=C(Nc2cccc(N(C(=O)OC(C)(C)C)C(=O)OC(C)(C)C)c2)C(=O)N(CCO)C1. The lowest BCUT2D eigenvalue weighted by Gasteiger charge is -2.28. The Bertz CT molecular complexity index is 992. The first-order valence-electron chi connectivity index (χ1n) is 11.0. The van der Waals surface area contributed by atoms with Gasteiger partial charge in [-0.2, -0.15) is 4.90 Å². The Morgan fingerprint density at radius 2 is 1.63 bits per heavy atom. The maximum Gasteiger partial charge on any atom is 0.424 e. The molecule has 1 aromatic carbocycles. The molecule has 0 aliphatic carbocycles. The van der Waals surface area contributed by atoms with Gasteiger partial charge in [0.2, 0.25) is 0 Å². The van der Waals surface area contributed by atoms with Crippen molar-refractivity contribution in [1.82, 2.24) is 4.90 Å². The standard InChI is InChI=1S/C24H33N3O8/c1-23(2,3)34-21(31)27(22(32)35-24(4,5)6)16-10-8-9-15(13-16)25-18-17(20(30)33-7)14-26(11-12-28)19(18)29/h8-10,13,25,28H,11-12,14H2,1-7H3. The lowest BCUT2D eigenvalue weighted by molar-refractivity contribution is -0.136. The highest BCUT2D eigenvalue weighted by atomic mass is 16.6. The summed E-state index contributed by atoms with van der Waals surface area (Å²) in [4.78, 5) is 52.9. The third kappa shape index (κ3) is 7.44. The molecule has 0 bridgehead atoms. The van der Waals surface area contributed by atoms with Gasteiger partial charge in [-0.25, -0.2) is 14.4 Å². The van der Waals surface area contributed by atoms with Crippen LogP contribution in [0.4, 0.5) is 21.0 Å². The van der Waals surface area contributed by atoms with Gasteiger partial charge in [0.25, 0.3) is 5.91 Å². The molecule has 1 heterocycles. The van der Waals surface area contributed by atoms with Crippen LogP contribution in [-0.4, -0.2) is 72.1 Å². The van der Waals surface area contributed by atoms with E-state index in [-0.39, 0.29) is 36.7 Å². The van der Waals surface area contributed by atoms with E-state index in [0.29, 0.717) is 5.69 Å². The van der Waals surface area contributed by atoms with Crippen LogP contribution < -0.4 is 10.2 Å². The highest BCUT2D eigenvalue weighted by Gasteiger charge is 2.35. The number of anilines is 2. The number of methoxy groups -OCH3 is 1. The summed E-state index contributed by atoms with van der Waals surface area (Å²) in [7, 11) is 1.20. The van der Waals surface area contributed by atoms with Gasteiger partial charge < -0.3 is 29.5 Å². The van der Waals surface area contributed by atoms with E-state index in [1.54, 1.807) is 53.7 Å². The van der Waals surface area contributed by atoms with Crippen molar-refractivity contribution in [1.29, 1.82) is 0 Å². The molecule has 2 N–H and O–H groups in total. The van der Waals surface area contributed by atoms with Gasteiger partial charge in [0.05, 0.1) is 31.5 Å². The second kappa shape index (κ2) is 10.8. The van der Waals surface area contributed by atoms with Gasteiger partial charge in [0, 0.05) is 12.2 Å². The fourth-order valence-corrected chi connectivity index (χ4v) is 3.12. The zero-order valence-electron chi connectivity index (χ0n) is 21.1. The Labute approximate surface area is 204 Å². The monoisotopic (exact) mass is 491 g/mol. The number of esters is 1. The topological polar surface area (TPSA) is 135 Å². The van der Waals surface area contributed by atoms with Crippen LogP contribution in [0.3, 0.4) is 0 Å². The molecule has 11 nitrogen and oxygen atoms in total. The number of hydrogen-bond acceptors (Lipinski definition) is 9. The molecule has 0 saturated heterocycles. The van der Waals surface area contributed by atoms with Gasteiger partial charge in [-0.05, 0) is 59.7 Å². The first kappa shape index (κ1) is 27.6. The van der Waals surface area contributed by atoms with E-state index < -0.39 is 35.3 Å². The minimum atomic E-state index is -0.940. The molecule has 1 aliphatic rings. The summed E-state index contributed by atoms with van der Waals surface area (Å²) >= 11 is 0. The first-order chi connectivity index (χ1) is 16.2. The van der Waals surface area contributed by atoms with Crippen molar-refractivity contribution < 1.29 is 38.5 Å². The van der Waals surface area contributed by atoms with Crippen molar-refractivity contribution in [3.63, 3.8) is 0 Å². The zero-order valence-corrected chi connectivity index (χ0v) is 21.1. The molecular weight excluding hydrogens is 458 g/mol. The van der Waals surface area contributed by atoms with Gasteiger partial charge in [-0.1, -0.05) is 6.07 Å².